The predicted octanol–water partition coefficient (Wildman–Crippen LogP) is 5.87. The molecule has 2 amide bonds. The average molecular weight is 545 g/mol. The first-order valence-corrected chi connectivity index (χ1v) is 12.6. The summed E-state index contributed by atoms with van der Waals surface area (Å²) in [4.78, 5) is 27.1. The summed E-state index contributed by atoms with van der Waals surface area (Å²) in [6, 6.07) is 5.75. The summed E-state index contributed by atoms with van der Waals surface area (Å²) in [7, 11) is 1.87. The SMILES string of the molecule is Cn1cc(-c2cc3ncnc(NCCc4cnc(NC(=O)Nc5cccc(C(F)(F)F)c5)s4)c3s2)cn1. The second-order valence-corrected chi connectivity index (χ2v) is 10.1. The Hall–Kier alpha value is -4.04. The molecule has 5 aromatic rings. The van der Waals surface area contributed by atoms with Crippen molar-refractivity contribution in [2.24, 2.45) is 7.05 Å². The normalized spacial score (nSPS) is 11.6. The number of nitrogens with zero attached hydrogens (tertiary/aromatic N) is 5. The number of alkyl halides is 3. The maximum Gasteiger partial charge on any atom is 0.416 e. The van der Waals surface area contributed by atoms with E-state index >= 15 is 0 Å². The minimum Gasteiger partial charge on any atom is -0.368 e. The summed E-state index contributed by atoms with van der Waals surface area (Å²) in [5.74, 6) is 0.730. The van der Waals surface area contributed by atoms with Crippen LogP contribution in [-0.2, 0) is 19.6 Å². The van der Waals surface area contributed by atoms with Gasteiger partial charge in [0.15, 0.2) is 5.13 Å². The third-order valence-electron chi connectivity index (χ3n) is 5.19. The lowest BCUT2D eigenvalue weighted by atomic mass is 10.2. The van der Waals surface area contributed by atoms with E-state index in [0.717, 1.165) is 43.5 Å². The molecule has 4 heterocycles. The highest BCUT2D eigenvalue weighted by atomic mass is 32.1. The molecule has 0 aliphatic carbocycles. The van der Waals surface area contributed by atoms with Gasteiger partial charge in [-0.05, 0) is 24.3 Å². The van der Waals surface area contributed by atoms with Gasteiger partial charge in [-0.3, -0.25) is 10.00 Å². The van der Waals surface area contributed by atoms with Crippen LogP contribution in [0, 0.1) is 0 Å². The number of urea groups is 1. The summed E-state index contributed by atoms with van der Waals surface area (Å²) >= 11 is 2.86. The van der Waals surface area contributed by atoms with E-state index in [4.69, 9.17) is 0 Å². The zero-order valence-corrected chi connectivity index (χ0v) is 20.8. The molecule has 0 atom stereocenters. The maximum atomic E-state index is 12.9. The quantitative estimate of drug-likeness (QED) is 0.237. The molecular weight excluding hydrogens is 525 g/mol. The summed E-state index contributed by atoms with van der Waals surface area (Å²) in [6.07, 6.45) is 3.05. The molecule has 1 aromatic carbocycles. The van der Waals surface area contributed by atoms with Crippen molar-refractivity contribution in [3.05, 3.63) is 65.7 Å². The number of anilines is 3. The van der Waals surface area contributed by atoms with Gasteiger partial charge in [0, 0.05) is 53.4 Å². The van der Waals surface area contributed by atoms with Crippen molar-refractivity contribution >= 4 is 55.6 Å². The monoisotopic (exact) mass is 544 g/mol. The molecule has 0 saturated carbocycles. The van der Waals surface area contributed by atoms with Crippen LogP contribution in [0.1, 0.15) is 10.4 Å². The van der Waals surface area contributed by atoms with Crippen LogP contribution in [0.15, 0.2) is 55.2 Å². The van der Waals surface area contributed by atoms with E-state index in [0.29, 0.717) is 18.1 Å². The molecule has 190 valence electrons. The van der Waals surface area contributed by atoms with Crippen molar-refractivity contribution in [2.75, 3.05) is 22.5 Å². The second-order valence-electron chi connectivity index (χ2n) is 7.92. The Bertz CT molecular complexity index is 1560. The van der Waals surface area contributed by atoms with Crippen molar-refractivity contribution in [3.8, 4) is 10.4 Å². The smallest absolute Gasteiger partial charge is 0.368 e. The number of thiazole rings is 1. The largest absolute Gasteiger partial charge is 0.416 e. The Labute approximate surface area is 216 Å². The highest BCUT2D eigenvalue weighted by Crippen LogP contribution is 2.35. The summed E-state index contributed by atoms with van der Waals surface area (Å²) in [5, 5.41) is 12.8. The first-order chi connectivity index (χ1) is 17.7. The molecule has 0 fully saturated rings. The van der Waals surface area contributed by atoms with Crippen molar-refractivity contribution in [1.29, 1.82) is 0 Å². The number of fused-ring (bicyclic) bond motifs is 1. The lowest BCUT2D eigenvalue weighted by molar-refractivity contribution is -0.137. The van der Waals surface area contributed by atoms with E-state index < -0.39 is 17.8 Å². The van der Waals surface area contributed by atoms with Crippen LogP contribution in [-0.4, -0.2) is 37.3 Å². The first-order valence-electron chi connectivity index (χ1n) is 10.9. The summed E-state index contributed by atoms with van der Waals surface area (Å²) in [5.41, 5.74) is 1.05. The molecule has 0 saturated heterocycles. The van der Waals surface area contributed by atoms with E-state index in [2.05, 4.69) is 36.0 Å². The average Bonchev–Trinajstić information content (AvgIpc) is 3.58. The predicted molar refractivity (Wildman–Crippen MR) is 138 cm³/mol. The third-order valence-corrected chi connectivity index (χ3v) is 7.34. The number of nitrogens with one attached hydrogen (secondary N) is 3. The zero-order valence-electron chi connectivity index (χ0n) is 19.2. The number of carbonyl (C=O) groups excluding carboxylic acids is 1. The van der Waals surface area contributed by atoms with Crippen molar-refractivity contribution in [2.45, 2.75) is 12.6 Å². The van der Waals surface area contributed by atoms with Gasteiger partial charge in [-0.25, -0.2) is 19.7 Å². The van der Waals surface area contributed by atoms with Crippen molar-refractivity contribution in [3.63, 3.8) is 0 Å². The third kappa shape index (κ3) is 5.86. The van der Waals surface area contributed by atoms with E-state index in [-0.39, 0.29) is 5.69 Å². The van der Waals surface area contributed by atoms with Gasteiger partial charge in [0.05, 0.1) is 22.0 Å². The van der Waals surface area contributed by atoms with Crippen LogP contribution in [0.4, 0.5) is 34.6 Å². The molecule has 14 heteroatoms. The topological polar surface area (TPSA) is 110 Å². The minimum atomic E-state index is -4.49. The zero-order chi connectivity index (χ0) is 26.0. The number of amides is 2. The Kier molecular flexibility index (Phi) is 6.76. The van der Waals surface area contributed by atoms with E-state index in [9.17, 15) is 18.0 Å². The second kappa shape index (κ2) is 10.1. The molecule has 4 aromatic heterocycles. The van der Waals surface area contributed by atoms with Crippen LogP contribution in [0.25, 0.3) is 20.7 Å². The molecule has 0 radical (unpaired) electrons. The lowest BCUT2D eigenvalue weighted by Gasteiger charge is -2.09. The van der Waals surface area contributed by atoms with E-state index in [1.807, 2.05) is 19.3 Å². The molecule has 3 N–H and O–H groups in total. The fourth-order valence-electron chi connectivity index (χ4n) is 3.49. The standard InChI is InChI=1S/C23H19F3N8OS2/c1-34-11-13(9-31-34)18-8-17-19(37-18)20(30-12-29-17)27-6-5-16-10-28-22(36-16)33-21(35)32-15-4-2-3-14(7-15)23(24,25)26/h2-4,7-12H,5-6H2,1H3,(H,27,29,30)(H2,28,32,33,35). The molecule has 9 nitrogen and oxygen atoms in total. The molecule has 0 aliphatic heterocycles. The number of halogens is 3. The van der Waals surface area contributed by atoms with Crippen LogP contribution in [0.3, 0.4) is 0 Å². The maximum absolute atomic E-state index is 12.9. The highest BCUT2D eigenvalue weighted by molar-refractivity contribution is 7.22. The van der Waals surface area contributed by atoms with Crippen LogP contribution < -0.4 is 16.0 Å². The van der Waals surface area contributed by atoms with Crippen molar-refractivity contribution < 1.29 is 18.0 Å². The number of hydrogen-bond donors (Lipinski definition) is 3. The molecule has 0 bridgehead atoms. The molecular formula is C23H19F3N8OS2. The Morgan fingerprint density at radius 3 is 2.73 bits per heavy atom. The summed E-state index contributed by atoms with van der Waals surface area (Å²) < 4.78 is 41.3. The van der Waals surface area contributed by atoms with Gasteiger partial charge in [-0.1, -0.05) is 6.07 Å². The molecule has 0 spiro atoms. The van der Waals surface area contributed by atoms with Gasteiger partial charge in [-0.15, -0.1) is 22.7 Å². The molecule has 0 aliphatic rings. The number of hydrogen-bond acceptors (Lipinski definition) is 8. The van der Waals surface area contributed by atoms with Gasteiger partial charge in [-0.2, -0.15) is 18.3 Å². The number of aryl methyl sites for hydroxylation is 1. The Morgan fingerprint density at radius 2 is 1.95 bits per heavy atom. The number of thiophene rings is 1. The number of aromatic nitrogens is 5. The van der Waals surface area contributed by atoms with Gasteiger partial charge in [0.1, 0.15) is 12.1 Å². The first kappa shape index (κ1) is 24.6. The number of benzene rings is 1. The fraction of sp³-hybridized carbons (Fsp3) is 0.174. The van der Waals surface area contributed by atoms with Crippen LogP contribution in [0.2, 0.25) is 0 Å². The molecule has 5 rings (SSSR count). The highest BCUT2D eigenvalue weighted by Gasteiger charge is 2.30. The summed E-state index contributed by atoms with van der Waals surface area (Å²) in [6.45, 7) is 0.574. The molecule has 0 unspecified atom stereocenters. The number of rotatable bonds is 7. The van der Waals surface area contributed by atoms with E-state index in [1.165, 1.54) is 29.8 Å². The Balaban J connectivity index is 1.17. The van der Waals surface area contributed by atoms with Crippen LogP contribution in [0.5, 0.6) is 0 Å². The van der Waals surface area contributed by atoms with Gasteiger partial charge in [0.2, 0.25) is 0 Å². The van der Waals surface area contributed by atoms with Crippen molar-refractivity contribution in [1.82, 2.24) is 24.7 Å². The fourth-order valence-corrected chi connectivity index (χ4v) is 5.35. The molecule has 37 heavy (non-hydrogen) atoms. The van der Waals surface area contributed by atoms with Gasteiger partial charge < -0.3 is 10.6 Å². The van der Waals surface area contributed by atoms with Gasteiger partial charge in [0.25, 0.3) is 0 Å². The van der Waals surface area contributed by atoms with Crippen LogP contribution >= 0.6 is 22.7 Å². The van der Waals surface area contributed by atoms with Gasteiger partial charge >= 0.3 is 12.2 Å². The van der Waals surface area contributed by atoms with E-state index in [1.54, 1.807) is 28.4 Å². The Morgan fingerprint density at radius 1 is 1.08 bits per heavy atom. The minimum absolute atomic E-state index is 0.0322. The lowest BCUT2D eigenvalue weighted by Crippen LogP contribution is -2.19. The number of carbonyl (C=O) groups is 1.